The second kappa shape index (κ2) is 9.32. The number of para-hydroxylation sites is 1. The van der Waals surface area contributed by atoms with Gasteiger partial charge in [-0.3, -0.25) is 14.9 Å². The van der Waals surface area contributed by atoms with E-state index in [9.17, 15) is 14.9 Å². The minimum atomic E-state index is -0.448. The lowest BCUT2D eigenvalue weighted by Gasteiger charge is -2.34. The lowest BCUT2D eigenvalue weighted by atomic mass is 10.0. The minimum absolute atomic E-state index is 0.100. The van der Waals surface area contributed by atoms with Crippen LogP contribution in [0.2, 0.25) is 0 Å². The maximum absolute atomic E-state index is 13.1. The largest absolute Gasteiger partial charge is 0.350 e. The van der Waals surface area contributed by atoms with Gasteiger partial charge in [0.15, 0.2) is 0 Å². The SMILES string of the molecule is CCCN(C(=O)c1ccc(Nc2ccccc2)c([N+](=O)[O-])c1)C1CCNCC1. The van der Waals surface area contributed by atoms with Crippen LogP contribution in [0.3, 0.4) is 0 Å². The predicted octanol–water partition coefficient (Wildman–Crippen LogP) is 3.94. The molecule has 0 spiro atoms. The average molecular weight is 382 g/mol. The van der Waals surface area contributed by atoms with E-state index < -0.39 is 4.92 Å². The van der Waals surface area contributed by atoms with Gasteiger partial charge in [-0.05, 0) is 56.6 Å². The molecule has 148 valence electrons. The Bertz CT molecular complexity index is 820. The standard InChI is InChI=1S/C21H26N4O3/c1-2-14-24(18-10-12-22-13-11-18)21(26)16-8-9-19(20(15-16)25(27)28)23-17-6-4-3-5-7-17/h3-9,15,18,22-23H,2,10-14H2,1H3. The second-order valence-corrected chi connectivity index (χ2v) is 6.96. The molecule has 1 heterocycles. The molecule has 0 aromatic heterocycles. The summed E-state index contributed by atoms with van der Waals surface area (Å²) in [6.45, 7) is 4.47. The first-order chi connectivity index (χ1) is 13.6. The highest BCUT2D eigenvalue weighted by atomic mass is 16.6. The molecule has 0 atom stereocenters. The topological polar surface area (TPSA) is 87.5 Å². The summed E-state index contributed by atoms with van der Waals surface area (Å²) in [4.78, 5) is 26.2. The van der Waals surface area contributed by atoms with E-state index in [1.54, 1.807) is 12.1 Å². The molecule has 28 heavy (non-hydrogen) atoms. The zero-order valence-electron chi connectivity index (χ0n) is 16.1. The molecule has 7 nitrogen and oxygen atoms in total. The van der Waals surface area contributed by atoms with Crippen LogP contribution < -0.4 is 10.6 Å². The van der Waals surface area contributed by atoms with Crippen LogP contribution in [0.25, 0.3) is 0 Å². The van der Waals surface area contributed by atoms with E-state index in [2.05, 4.69) is 10.6 Å². The number of rotatable bonds is 7. The van der Waals surface area contributed by atoms with Gasteiger partial charge in [0, 0.05) is 29.9 Å². The van der Waals surface area contributed by atoms with Gasteiger partial charge in [0.25, 0.3) is 11.6 Å². The van der Waals surface area contributed by atoms with E-state index in [-0.39, 0.29) is 17.6 Å². The number of carbonyl (C=O) groups is 1. The normalized spacial score (nSPS) is 14.5. The number of nitrogens with zero attached hydrogens (tertiary/aromatic N) is 2. The molecule has 3 rings (SSSR count). The third-order valence-electron chi connectivity index (χ3n) is 4.97. The summed E-state index contributed by atoms with van der Waals surface area (Å²) in [5.41, 5.74) is 1.39. The van der Waals surface area contributed by atoms with E-state index in [4.69, 9.17) is 0 Å². The summed E-state index contributed by atoms with van der Waals surface area (Å²) in [6, 6.07) is 14.1. The van der Waals surface area contributed by atoms with Crippen LogP contribution in [-0.4, -0.2) is 41.4 Å². The van der Waals surface area contributed by atoms with E-state index >= 15 is 0 Å². The van der Waals surface area contributed by atoms with Crippen molar-refractivity contribution in [1.29, 1.82) is 0 Å². The number of amides is 1. The second-order valence-electron chi connectivity index (χ2n) is 6.96. The van der Waals surface area contributed by atoms with E-state index in [1.807, 2.05) is 42.2 Å². The van der Waals surface area contributed by atoms with Gasteiger partial charge in [0.05, 0.1) is 4.92 Å². The summed E-state index contributed by atoms with van der Waals surface area (Å²) >= 11 is 0. The molecule has 1 saturated heterocycles. The van der Waals surface area contributed by atoms with Crippen LogP contribution in [0.15, 0.2) is 48.5 Å². The Kier molecular flexibility index (Phi) is 6.60. The maximum atomic E-state index is 13.1. The van der Waals surface area contributed by atoms with Gasteiger partial charge >= 0.3 is 0 Å². The van der Waals surface area contributed by atoms with Gasteiger partial charge in [-0.2, -0.15) is 0 Å². The van der Waals surface area contributed by atoms with Gasteiger partial charge in [-0.15, -0.1) is 0 Å². The smallest absolute Gasteiger partial charge is 0.293 e. The number of hydrogen-bond donors (Lipinski definition) is 2. The molecule has 2 N–H and O–H groups in total. The third-order valence-corrected chi connectivity index (χ3v) is 4.97. The van der Waals surface area contributed by atoms with Crippen molar-refractivity contribution >= 4 is 23.0 Å². The summed E-state index contributed by atoms with van der Waals surface area (Å²) in [5, 5.41) is 18.0. The lowest BCUT2D eigenvalue weighted by molar-refractivity contribution is -0.383. The summed E-state index contributed by atoms with van der Waals surface area (Å²) in [7, 11) is 0. The molecule has 7 heteroatoms. The van der Waals surface area contributed by atoms with Crippen LogP contribution in [0.1, 0.15) is 36.5 Å². The van der Waals surface area contributed by atoms with E-state index in [0.717, 1.165) is 38.0 Å². The van der Waals surface area contributed by atoms with Gasteiger partial charge in [-0.25, -0.2) is 0 Å². The number of nitro benzene ring substituents is 1. The number of nitro groups is 1. The molecule has 1 fully saturated rings. The van der Waals surface area contributed by atoms with Crippen LogP contribution in [0, 0.1) is 10.1 Å². The van der Waals surface area contributed by atoms with Crippen molar-refractivity contribution in [2.75, 3.05) is 25.0 Å². The van der Waals surface area contributed by atoms with Gasteiger partial charge in [-0.1, -0.05) is 25.1 Å². The Hall–Kier alpha value is -2.93. The number of piperidine rings is 1. The number of nitrogens with one attached hydrogen (secondary N) is 2. The van der Waals surface area contributed by atoms with Crippen molar-refractivity contribution in [1.82, 2.24) is 10.2 Å². The zero-order valence-corrected chi connectivity index (χ0v) is 16.1. The molecule has 0 bridgehead atoms. The highest BCUT2D eigenvalue weighted by Gasteiger charge is 2.27. The predicted molar refractivity (Wildman–Crippen MR) is 110 cm³/mol. The molecule has 2 aromatic rings. The Morgan fingerprint density at radius 3 is 2.57 bits per heavy atom. The van der Waals surface area contributed by atoms with E-state index in [0.29, 0.717) is 17.8 Å². The zero-order chi connectivity index (χ0) is 19.9. The Morgan fingerprint density at radius 2 is 1.93 bits per heavy atom. The Balaban J connectivity index is 1.87. The van der Waals surface area contributed by atoms with Crippen molar-refractivity contribution in [2.24, 2.45) is 0 Å². The van der Waals surface area contributed by atoms with Crippen LogP contribution >= 0.6 is 0 Å². The molecule has 0 saturated carbocycles. The minimum Gasteiger partial charge on any atom is -0.350 e. The molecule has 1 amide bonds. The molecule has 0 aliphatic carbocycles. The van der Waals surface area contributed by atoms with Crippen LogP contribution in [0.4, 0.5) is 17.1 Å². The average Bonchev–Trinajstić information content (AvgIpc) is 2.73. The monoisotopic (exact) mass is 382 g/mol. The highest BCUT2D eigenvalue weighted by molar-refractivity contribution is 5.96. The molecule has 0 unspecified atom stereocenters. The third kappa shape index (κ3) is 4.67. The summed E-state index contributed by atoms with van der Waals surface area (Å²) < 4.78 is 0. The van der Waals surface area contributed by atoms with Crippen molar-refractivity contribution in [2.45, 2.75) is 32.2 Å². The van der Waals surface area contributed by atoms with Gasteiger partial charge in [0.2, 0.25) is 0 Å². The van der Waals surface area contributed by atoms with Crippen molar-refractivity contribution in [3.8, 4) is 0 Å². The first-order valence-electron chi connectivity index (χ1n) is 9.72. The first-order valence-corrected chi connectivity index (χ1v) is 9.72. The number of anilines is 2. The van der Waals surface area contributed by atoms with Crippen LogP contribution in [0.5, 0.6) is 0 Å². The Labute approximate surface area is 164 Å². The lowest BCUT2D eigenvalue weighted by Crippen LogP contribution is -2.46. The molecular formula is C21H26N4O3. The maximum Gasteiger partial charge on any atom is 0.293 e. The Morgan fingerprint density at radius 1 is 1.21 bits per heavy atom. The van der Waals surface area contributed by atoms with Crippen LogP contribution in [-0.2, 0) is 0 Å². The van der Waals surface area contributed by atoms with Crippen molar-refractivity contribution in [3.05, 3.63) is 64.2 Å². The van der Waals surface area contributed by atoms with E-state index in [1.165, 1.54) is 6.07 Å². The first kappa shape index (κ1) is 19.8. The molecule has 0 radical (unpaired) electrons. The van der Waals surface area contributed by atoms with Gasteiger partial charge < -0.3 is 15.5 Å². The molecule has 1 aliphatic heterocycles. The molecule has 1 aliphatic rings. The van der Waals surface area contributed by atoms with Gasteiger partial charge in [0.1, 0.15) is 5.69 Å². The number of hydrogen-bond acceptors (Lipinski definition) is 5. The molecular weight excluding hydrogens is 356 g/mol. The fourth-order valence-corrected chi connectivity index (χ4v) is 3.57. The quantitative estimate of drug-likeness (QED) is 0.559. The number of carbonyl (C=O) groups excluding carboxylic acids is 1. The fourth-order valence-electron chi connectivity index (χ4n) is 3.57. The molecule has 2 aromatic carbocycles. The summed E-state index contributed by atoms with van der Waals surface area (Å²) in [5.74, 6) is -0.136. The fraction of sp³-hybridized carbons (Fsp3) is 0.381. The van der Waals surface area contributed by atoms with Crippen molar-refractivity contribution < 1.29 is 9.72 Å². The summed E-state index contributed by atoms with van der Waals surface area (Å²) in [6.07, 6.45) is 2.66. The van der Waals surface area contributed by atoms with Crippen molar-refractivity contribution in [3.63, 3.8) is 0 Å². The highest BCUT2D eigenvalue weighted by Crippen LogP contribution is 2.29. The number of benzene rings is 2.